The van der Waals surface area contributed by atoms with Crippen LogP contribution in [0.15, 0.2) is 47.4 Å². The second-order valence-corrected chi connectivity index (χ2v) is 10.4. The van der Waals surface area contributed by atoms with Crippen molar-refractivity contribution in [2.24, 2.45) is 0 Å². The summed E-state index contributed by atoms with van der Waals surface area (Å²) in [5, 5.41) is 2.60. The van der Waals surface area contributed by atoms with Crippen molar-refractivity contribution in [3.05, 3.63) is 64.4 Å². The van der Waals surface area contributed by atoms with Gasteiger partial charge in [-0.05, 0) is 48.9 Å². The quantitative estimate of drug-likeness (QED) is 0.647. The molecule has 2 atom stereocenters. The van der Waals surface area contributed by atoms with E-state index in [4.69, 9.17) is 11.6 Å². The Bertz CT molecular complexity index is 1160. The van der Waals surface area contributed by atoms with Crippen LogP contribution in [0.3, 0.4) is 0 Å². The number of halogens is 5. The van der Waals surface area contributed by atoms with Crippen LogP contribution in [0, 0.1) is 5.82 Å². The van der Waals surface area contributed by atoms with E-state index in [1.54, 1.807) is 0 Å². The van der Waals surface area contributed by atoms with Crippen molar-refractivity contribution in [2.75, 3.05) is 26.2 Å². The van der Waals surface area contributed by atoms with Crippen LogP contribution < -0.4 is 5.32 Å². The molecule has 1 N–H and O–H groups in total. The van der Waals surface area contributed by atoms with E-state index >= 15 is 0 Å². The third kappa shape index (κ3) is 5.01. The van der Waals surface area contributed by atoms with Crippen LogP contribution in [0.2, 0.25) is 5.02 Å². The minimum atomic E-state index is -4.70. The van der Waals surface area contributed by atoms with Crippen LogP contribution >= 0.6 is 11.6 Å². The van der Waals surface area contributed by atoms with Gasteiger partial charge in [-0.15, -0.1) is 0 Å². The monoisotopic (exact) mass is 505 g/mol. The molecule has 2 fully saturated rings. The normalized spacial score (nSPS) is 22.2. The Morgan fingerprint density at radius 2 is 1.76 bits per heavy atom. The fraction of sp³-hybridized carbons (Fsp3) is 0.381. The number of amides is 1. The number of piperazine rings is 1. The van der Waals surface area contributed by atoms with Crippen molar-refractivity contribution >= 4 is 27.5 Å². The van der Waals surface area contributed by atoms with Crippen LogP contribution in [-0.4, -0.2) is 61.8 Å². The van der Waals surface area contributed by atoms with Gasteiger partial charge in [0.1, 0.15) is 10.7 Å². The van der Waals surface area contributed by atoms with Gasteiger partial charge in [-0.25, -0.2) is 12.8 Å². The number of hydrogen-bond donors (Lipinski definition) is 1. The summed E-state index contributed by atoms with van der Waals surface area (Å²) >= 11 is 5.96. The molecule has 1 amide bonds. The van der Waals surface area contributed by atoms with Crippen LogP contribution in [-0.2, 0) is 16.2 Å². The molecule has 178 valence electrons. The maximum absolute atomic E-state index is 13.1. The molecule has 0 saturated carbocycles. The smallest absolute Gasteiger partial charge is 0.348 e. The van der Waals surface area contributed by atoms with Crippen molar-refractivity contribution < 1.29 is 30.8 Å². The first-order valence-corrected chi connectivity index (χ1v) is 11.9. The van der Waals surface area contributed by atoms with Gasteiger partial charge in [-0.3, -0.25) is 9.69 Å². The van der Waals surface area contributed by atoms with E-state index < -0.39 is 32.5 Å². The lowest BCUT2D eigenvalue weighted by molar-refractivity contribution is -0.137. The van der Waals surface area contributed by atoms with Crippen LogP contribution in [0.25, 0.3) is 0 Å². The van der Waals surface area contributed by atoms with Gasteiger partial charge >= 0.3 is 6.18 Å². The summed E-state index contributed by atoms with van der Waals surface area (Å²) in [4.78, 5) is 13.9. The predicted molar refractivity (Wildman–Crippen MR) is 113 cm³/mol. The summed E-state index contributed by atoms with van der Waals surface area (Å²) in [6.45, 7) is 1.03. The molecule has 12 heteroatoms. The molecular formula is C21H20ClF4N3O3S. The first kappa shape index (κ1) is 23.9. The molecule has 2 aromatic rings. The third-order valence-corrected chi connectivity index (χ3v) is 8.24. The van der Waals surface area contributed by atoms with E-state index in [-0.39, 0.29) is 36.1 Å². The number of benzene rings is 2. The van der Waals surface area contributed by atoms with Gasteiger partial charge in [0.25, 0.3) is 5.91 Å². The molecular weight excluding hydrogens is 486 g/mol. The zero-order valence-electron chi connectivity index (χ0n) is 17.1. The van der Waals surface area contributed by atoms with Gasteiger partial charge in [0, 0.05) is 43.8 Å². The van der Waals surface area contributed by atoms with E-state index in [1.807, 2.05) is 4.90 Å². The molecule has 0 spiro atoms. The first-order chi connectivity index (χ1) is 15.4. The van der Waals surface area contributed by atoms with E-state index in [1.165, 1.54) is 24.3 Å². The molecule has 0 unspecified atom stereocenters. The number of sulfonamides is 1. The largest absolute Gasteiger partial charge is 0.416 e. The van der Waals surface area contributed by atoms with Crippen LogP contribution in [0.5, 0.6) is 0 Å². The lowest BCUT2D eigenvalue weighted by Crippen LogP contribution is -2.52. The van der Waals surface area contributed by atoms with Gasteiger partial charge in [-0.2, -0.15) is 17.5 Å². The van der Waals surface area contributed by atoms with Crippen molar-refractivity contribution in [1.29, 1.82) is 0 Å². The number of carbonyl (C=O) groups excluding carboxylic acids is 1. The Morgan fingerprint density at radius 3 is 2.42 bits per heavy atom. The summed E-state index contributed by atoms with van der Waals surface area (Å²) in [6, 6.07) is 6.91. The fourth-order valence-corrected chi connectivity index (χ4v) is 6.19. The van der Waals surface area contributed by atoms with Gasteiger partial charge in [0.15, 0.2) is 0 Å². The molecule has 4 rings (SSSR count). The number of nitrogens with zero attached hydrogens (tertiary/aromatic N) is 2. The Labute approximate surface area is 193 Å². The predicted octanol–water partition coefficient (Wildman–Crippen LogP) is 3.38. The number of nitrogens with one attached hydrogen (secondary N) is 1. The second kappa shape index (κ2) is 8.86. The maximum Gasteiger partial charge on any atom is 0.416 e. The zero-order chi connectivity index (χ0) is 24.0. The molecule has 2 aliphatic heterocycles. The molecule has 2 aliphatic rings. The van der Waals surface area contributed by atoms with E-state index in [0.29, 0.717) is 31.1 Å². The highest BCUT2D eigenvalue weighted by atomic mass is 35.5. The third-order valence-electron chi connectivity index (χ3n) is 5.90. The van der Waals surface area contributed by atoms with E-state index in [2.05, 4.69) is 5.32 Å². The SMILES string of the molecule is O=C(N[C@H]1C[C@H]2CN(S(=O)(=O)c3cc(C(F)(F)F)ccc3Cl)CCN2C1)c1ccc(F)cc1. The lowest BCUT2D eigenvalue weighted by atomic mass is 10.1. The molecule has 0 bridgehead atoms. The van der Waals surface area contributed by atoms with Gasteiger partial charge in [0.05, 0.1) is 10.6 Å². The number of rotatable bonds is 4. The van der Waals surface area contributed by atoms with E-state index in [0.717, 1.165) is 16.4 Å². The topological polar surface area (TPSA) is 69.7 Å². The zero-order valence-corrected chi connectivity index (χ0v) is 18.7. The summed E-state index contributed by atoms with van der Waals surface area (Å²) in [5.74, 6) is -0.813. The number of carbonyl (C=O) groups is 1. The molecule has 2 heterocycles. The highest BCUT2D eigenvalue weighted by Crippen LogP contribution is 2.35. The molecule has 33 heavy (non-hydrogen) atoms. The van der Waals surface area contributed by atoms with Gasteiger partial charge < -0.3 is 5.32 Å². The van der Waals surface area contributed by atoms with Crippen molar-refractivity contribution in [3.63, 3.8) is 0 Å². The van der Waals surface area contributed by atoms with Gasteiger partial charge in [-0.1, -0.05) is 11.6 Å². The first-order valence-electron chi connectivity index (χ1n) is 10.1. The summed E-state index contributed by atoms with van der Waals surface area (Å²) in [5.41, 5.74) is -0.779. The maximum atomic E-state index is 13.1. The Balaban J connectivity index is 1.45. The average molecular weight is 506 g/mol. The molecule has 2 saturated heterocycles. The lowest BCUT2D eigenvalue weighted by Gasteiger charge is -2.36. The average Bonchev–Trinajstić information content (AvgIpc) is 3.15. The second-order valence-electron chi connectivity index (χ2n) is 8.07. The molecule has 0 aromatic heterocycles. The molecule has 0 aliphatic carbocycles. The summed E-state index contributed by atoms with van der Waals surface area (Å²) in [7, 11) is -4.25. The van der Waals surface area contributed by atoms with Crippen LogP contribution in [0.4, 0.5) is 17.6 Å². The number of alkyl halides is 3. The number of fused-ring (bicyclic) bond motifs is 1. The molecule has 2 aromatic carbocycles. The number of hydrogen-bond acceptors (Lipinski definition) is 4. The van der Waals surface area contributed by atoms with Crippen molar-refractivity contribution in [3.8, 4) is 0 Å². The van der Waals surface area contributed by atoms with Gasteiger partial charge in [0.2, 0.25) is 10.0 Å². The summed E-state index contributed by atoms with van der Waals surface area (Å²) < 4.78 is 79.7. The van der Waals surface area contributed by atoms with Crippen LogP contribution in [0.1, 0.15) is 22.3 Å². The molecule has 0 radical (unpaired) electrons. The van der Waals surface area contributed by atoms with E-state index in [9.17, 15) is 30.8 Å². The highest BCUT2D eigenvalue weighted by molar-refractivity contribution is 7.89. The van der Waals surface area contributed by atoms with Crippen molar-refractivity contribution in [2.45, 2.75) is 29.6 Å². The highest BCUT2D eigenvalue weighted by Gasteiger charge is 2.41. The Morgan fingerprint density at radius 1 is 1.06 bits per heavy atom. The fourth-order valence-electron chi connectivity index (χ4n) is 4.22. The minimum absolute atomic E-state index is 0.0673. The standard InChI is InChI=1S/C21H20ClF4N3O3S/c22-18-6-3-14(21(24,25)26)9-19(18)33(31,32)29-8-7-28-11-16(10-17(28)12-29)27-20(30)13-1-4-15(23)5-2-13/h1-6,9,16-17H,7-8,10-12H2,(H,27,30)/t16-,17-/m0/s1. The minimum Gasteiger partial charge on any atom is -0.348 e. The Kier molecular flexibility index (Phi) is 6.43. The molecule has 6 nitrogen and oxygen atoms in total. The Hall–Kier alpha value is -2.21. The van der Waals surface area contributed by atoms with Crippen molar-refractivity contribution in [1.82, 2.24) is 14.5 Å². The summed E-state index contributed by atoms with van der Waals surface area (Å²) in [6.07, 6.45) is -4.23.